The van der Waals surface area contributed by atoms with E-state index in [9.17, 15) is 4.79 Å². The summed E-state index contributed by atoms with van der Waals surface area (Å²) in [5, 5.41) is 6.89. The number of ether oxygens (including phenoxy) is 1. The maximum atomic E-state index is 11.8. The number of pyridine rings is 1. The minimum atomic E-state index is -0.364. The van der Waals surface area contributed by atoms with Gasteiger partial charge in [-0.3, -0.25) is 9.78 Å². The molecule has 1 aliphatic rings. The number of benzene rings is 2. The first-order chi connectivity index (χ1) is 16.6. The molecule has 0 atom stereocenters. The van der Waals surface area contributed by atoms with Crippen molar-refractivity contribution in [2.75, 3.05) is 10.6 Å². The first-order valence-corrected chi connectivity index (χ1v) is 11.1. The first kappa shape index (κ1) is 21.4. The Hall–Kier alpha value is -4.44. The topological polar surface area (TPSA) is 89.0 Å². The zero-order valence-electron chi connectivity index (χ0n) is 18.9. The van der Waals surface area contributed by atoms with Gasteiger partial charge in [-0.1, -0.05) is 5.92 Å². The molecule has 0 radical (unpaired) electrons. The van der Waals surface area contributed by atoms with Crippen LogP contribution in [0.3, 0.4) is 0 Å². The smallest absolute Gasteiger partial charge is 0.300 e. The minimum Gasteiger partial charge on any atom is -0.455 e. The summed E-state index contributed by atoms with van der Waals surface area (Å²) >= 11 is 0. The number of aryl methyl sites for hydroxylation is 1. The standard InChI is InChI=1S/C27H23N5O2/c1-3-4-26(33)31-20-7-10-24-22(14-20)27(30-16-29-24)32-19-8-12-25(17(2)13-19)34-21-9-11-23(28-15-21)18-5-6-18/h7-16,18H,5-6H2,1-2H3,(H,31,33)(H,29,30,32). The molecule has 4 aromatic rings. The highest BCUT2D eigenvalue weighted by Gasteiger charge is 2.24. The van der Waals surface area contributed by atoms with Crippen molar-refractivity contribution in [1.82, 2.24) is 15.0 Å². The molecular formula is C27H23N5O2. The number of carbonyl (C=O) groups is 1. The normalized spacial score (nSPS) is 12.5. The lowest BCUT2D eigenvalue weighted by Crippen LogP contribution is -2.08. The molecule has 1 aliphatic carbocycles. The molecule has 2 N–H and O–H groups in total. The van der Waals surface area contributed by atoms with E-state index in [0.717, 1.165) is 39.3 Å². The maximum Gasteiger partial charge on any atom is 0.300 e. The molecule has 1 saturated carbocycles. The Labute approximate surface area is 197 Å². The van der Waals surface area contributed by atoms with Crippen molar-refractivity contribution < 1.29 is 9.53 Å². The molecule has 2 aromatic carbocycles. The molecule has 1 amide bonds. The molecule has 0 unspecified atom stereocenters. The lowest BCUT2D eigenvalue weighted by atomic mass is 10.1. The van der Waals surface area contributed by atoms with Crippen LogP contribution in [0.15, 0.2) is 61.1 Å². The summed E-state index contributed by atoms with van der Waals surface area (Å²) in [6, 6.07) is 15.3. The Balaban J connectivity index is 1.35. The molecule has 168 valence electrons. The number of carbonyl (C=O) groups excluding carboxylic acids is 1. The van der Waals surface area contributed by atoms with Gasteiger partial charge in [-0.05, 0) is 86.7 Å². The molecule has 1 fully saturated rings. The van der Waals surface area contributed by atoms with Crippen LogP contribution in [-0.2, 0) is 4.79 Å². The van der Waals surface area contributed by atoms with E-state index in [1.54, 1.807) is 19.2 Å². The number of amides is 1. The third kappa shape index (κ3) is 4.81. The van der Waals surface area contributed by atoms with E-state index in [0.29, 0.717) is 17.4 Å². The fourth-order valence-corrected chi connectivity index (χ4v) is 3.69. The molecule has 0 spiro atoms. The number of nitrogens with one attached hydrogen (secondary N) is 2. The van der Waals surface area contributed by atoms with Gasteiger partial charge >= 0.3 is 0 Å². The van der Waals surface area contributed by atoms with Gasteiger partial charge in [-0.15, -0.1) is 0 Å². The SMILES string of the molecule is CC#CC(=O)Nc1ccc2ncnc(Nc3ccc(Oc4ccc(C5CC5)nc4)c(C)c3)c2c1. The van der Waals surface area contributed by atoms with Crippen LogP contribution in [0.25, 0.3) is 10.9 Å². The van der Waals surface area contributed by atoms with Crippen molar-refractivity contribution in [3.63, 3.8) is 0 Å². The molecule has 0 saturated heterocycles. The van der Waals surface area contributed by atoms with Gasteiger partial charge in [0.25, 0.3) is 5.91 Å². The number of hydrogen-bond donors (Lipinski definition) is 2. The summed E-state index contributed by atoms with van der Waals surface area (Å²) in [7, 11) is 0. The van der Waals surface area contributed by atoms with Gasteiger partial charge in [-0.25, -0.2) is 9.97 Å². The molecule has 7 nitrogen and oxygen atoms in total. The highest BCUT2D eigenvalue weighted by Crippen LogP contribution is 2.39. The van der Waals surface area contributed by atoms with Gasteiger partial charge in [0, 0.05) is 28.4 Å². The average Bonchev–Trinajstić information content (AvgIpc) is 3.67. The van der Waals surface area contributed by atoms with Crippen molar-refractivity contribution in [2.24, 2.45) is 0 Å². The van der Waals surface area contributed by atoms with E-state index in [-0.39, 0.29) is 5.91 Å². The molecular weight excluding hydrogens is 426 g/mol. The second-order valence-corrected chi connectivity index (χ2v) is 8.18. The first-order valence-electron chi connectivity index (χ1n) is 11.1. The third-order valence-electron chi connectivity index (χ3n) is 5.55. The van der Waals surface area contributed by atoms with Crippen molar-refractivity contribution >= 4 is 34.0 Å². The molecule has 2 heterocycles. The zero-order valence-corrected chi connectivity index (χ0v) is 18.9. The maximum absolute atomic E-state index is 11.8. The van der Waals surface area contributed by atoms with E-state index < -0.39 is 0 Å². The number of aromatic nitrogens is 3. The van der Waals surface area contributed by atoms with Crippen LogP contribution in [0.1, 0.15) is 36.9 Å². The number of nitrogens with zero attached hydrogens (tertiary/aromatic N) is 3. The predicted octanol–water partition coefficient (Wildman–Crippen LogP) is 5.71. The fourth-order valence-electron chi connectivity index (χ4n) is 3.69. The summed E-state index contributed by atoms with van der Waals surface area (Å²) in [5.41, 5.74) is 4.36. The van der Waals surface area contributed by atoms with Crippen LogP contribution in [0.4, 0.5) is 17.2 Å². The largest absolute Gasteiger partial charge is 0.455 e. The van der Waals surface area contributed by atoms with Gasteiger partial charge in [-0.2, -0.15) is 0 Å². The quantitative estimate of drug-likeness (QED) is 0.367. The Bertz CT molecular complexity index is 1430. The van der Waals surface area contributed by atoms with Crippen LogP contribution in [0, 0.1) is 18.8 Å². The van der Waals surface area contributed by atoms with Gasteiger partial charge in [0.2, 0.25) is 0 Å². The highest BCUT2D eigenvalue weighted by atomic mass is 16.5. The van der Waals surface area contributed by atoms with E-state index >= 15 is 0 Å². The van der Waals surface area contributed by atoms with Gasteiger partial charge in [0.15, 0.2) is 0 Å². The van der Waals surface area contributed by atoms with E-state index in [2.05, 4.69) is 37.4 Å². The van der Waals surface area contributed by atoms with E-state index in [1.807, 2.05) is 49.4 Å². The van der Waals surface area contributed by atoms with Crippen molar-refractivity contribution in [1.29, 1.82) is 0 Å². The van der Waals surface area contributed by atoms with Crippen molar-refractivity contribution in [3.05, 3.63) is 72.3 Å². The number of hydrogen-bond acceptors (Lipinski definition) is 6. The van der Waals surface area contributed by atoms with Gasteiger partial charge in [0.05, 0.1) is 11.7 Å². The van der Waals surface area contributed by atoms with E-state index in [4.69, 9.17) is 4.74 Å². The fraction of sp³-hybridized carbons (Fsp3) is 0.185. The second-order valence-electron chi connectivity index (χ2n) is 8.18. The lowest BCUT2D eigenvalue weighted by Gasteiger charge is -2.13. The second kappa shape index (κ2) is 9.20. The van der Waals surface area contributed by atoms with Crippen molar-refractivity contribution in [3.8, 4) is 23.3 Å². The summed E-state index contributed by atoms with van der Waals surface area (Å²) in [4.78, 5) is 25.1. The summed E-state index contributed by atoms with van der Waals surface area (Å²) in [6.07, 6.45) is 5.75. The van der Waals surface area contributed by atoms with Crippen LogP contribution >= 0.6 is 0 Å². The van der Waals surface area contributed by atoms with Crippen LogP contribution < -0.4 is 15.4 Å². The highest BCUT2D eigenvalue weighted by molar-refractivity contribution is 6.05. The van der Waals surface area contributed by atoms with Crippen LogP contribution in [0.2, 0.25) is 0 Å². The summed E-state index contributed by atoms with van der Waals surface area (Å²) in [6.45, 7) is 3.61. The van der Waals surface area contributed by atoms with Crippen LogP contribution in [0.5, 0.6) is 11.5 Å². The predicted molar refractivity (Wildman–Crippen MR) is 132 cm³/mol. The average molecular weight is 450 g/mol. The van der Waals surface area contributed by atoms with Crippen LogP contribution in [-0.4, -0.2) is 20.9 Å². The monoisotopic (exact) mass is 449 g/mol. The van der Waals surface area contributed by atoms with Gasteiger partial charge in [0.1, 0.15) is 23.6 Å². The van der Waals surface area contributed by atoms with E-state index in [1.165, 1.54) is 19.2 Å². The molecule has 0 bridgehead atoms. The third-order valence-corrected chi connectivity index (χ3v) is 5.55. The summed E-state index contributed by atoms with van der Waals surface area (Å²) in [5.74, 6) is 7.44. The molecule has 0 aliphatic heterocycles. The Morgan fingerprint density at radius 2 is 1.88 bits per heavy atom. The Morgan fingerprint density at radius 1 is 1.03 bits per heavy atom. The number of fused-ring (bicyclic) bond motifs is 1. The Morgan fingerprint density at radius 3 is 2.62 bits per heavy atom. The molecule has 5 rings (SSSR count). The lowest BCUT2D eigenvalue weighted by molar-refractivity contribution is -0.111. The zero-order chi connectivity index (χ0) is 23.5. The van der Waals surface area contributed by atoms with Crippen molar-refractivity contribution in [2.45, 2.75) is 32.6 Å². The number of anilines is 3. The Kier molecular flexibility index (Phi) is 5.79. The molecule has 34 heavy (non-hydrogen) atoms. The minimum absolute atomic E-state index is 0.364. The molecule has 2 aromatic heterocycles. The summed E-state index contributed by atoms with van der Waals surface area (Å²) < 4.78 is 6.05. The molecule has 7 heteroatoms. The van der Waals surface area contributed by atoms with Gasteiger partial charge < -0.3 is 15.4 Å². The number of rotatable bonds is 6.